The van der Waals surface area contributed by atoms with E-state index in [1.807, 2.05) is 90.2 Å². The number of aliphatic hydroxyl groups excluding tert-OH is 2. The molecule has 0 saturated carbocycles. The van der Waals surface area contributed by atoms with Crippen LogP contribution in [0.4, 0.5) is 0 Å². The molecule has 4 amide bonds. The number of rotatable bonds is 15. The molecule has 4 aromatic rings. The Labute approximate surface area is 276 Å². The number of nitrogens with two attached hydrogens (primary N) is 1. The molecule has 0 radical (unpaired) electrons. The first-order chi connectivity index (χ1) is 22.9. The van der Waals surface area contributed by atoms with E-state index in [0.29, 0.717) is 0 Å². The van der Waals surface area contributed by atoms with E-state index < -0.39 is 73.0 Å². The quantitative estimate of drug-likeness (QED) is 0.0870. The Balaban J connectivity index is 1.43. The lowest BCUT2D eigenvalue weighted by atomic mass is 9.99. The number of carbonyl (C=O) groups excluding carboxylic acids is 4. The van der Waals surface area contributed by atoms with Crippen molar-refractivity contribution in [3.63, 3.8) is 0 Å². The summed E-state index contributed by atoms with van der Waals surface area (Å²) in [6, 6.07) is 21.5. The largest absolute Gasteiger partial charge is 0.480 e. The molecule has 0 heterocycles. The molecule has 0 spiro atoms. The van der Waals surface area contributed by atoms with Gasteiger partial charge in [0.2, 0.25) is 23.6 Å². The van der Waals surface area contributed by atoms with Gasteiger partial charge in [-0.3, -0.25) is 19.2 Å². The van der Waals surface area contributed by atoms with Crippen LogP contribution in [0.1, 0.15) is 18.1 Å². The average Bonchev–Trinajstić information content (AvgIpc) is 3.07. The highest BCUT2D eigenvalue weighted by atomic mass is 16.4. The highest BCUT2D eigenvalue weighted by Gasteiger charge is 2.30. The molecule has 4 rings (SSSR count). The van der Waals surface area contributed by atoms with Crippen LogP contribution in [-0.2, 0) is 36.8 Å². The molecular formula is C35H39N5O8. The van der Waals surface area contributed by atoms with Gasteiger partial charge in [0.1, 0.15) is 12.1 Å². The molecule has 13 heteroatoms. The number of aliphatic carboxylic acids is 1. The second kappa shape index (κ2) is 16.5. The van der Waals surface area contributed by atoms with E-state index in [0.717, 1.165) is 39.6 Å². The van der Waals surface area contributed by atoms with Crippen molar-refractivity contribution >= 4 is 51.1 Å². The van der Waals surface area contributed by atoms with Crippen LogP contribution in [0.15, 0.2) is 84.9 Å². The topological polar surface area (TPSA) is 220 Å². The van der Waals surface area contributed by atoms with Gasteiger partial charge in [0, 0.05) is 6.42 Å². The maximum atomic E-state index is 13.4. The van der Waals surface area contributed by atoms with E-state index in [1.54, 1.807) is 0 Å². The zero-order valence-corrected chi connectivity index (χ0v) is 26.3. The SMILES string of the molecule is C[C@H](O)[C@@H](NC(=O)[C@@H](CO)NC(=O)CNC(=O)[C@@H](Cc1ccc2ccccc2c1)NC(=O)[C@H](N)Cc1ccc2ccccc2c1)C(=O)O. The van der Waals surface area contributed by atoms with Crippen LogP contribution in [0, 0.1) is 0 Å². The van der Waals surface area contributed by atoms with E-state index in [4.69, 9.17) is 5.73 Å². The van der Waals surface area contributed by atoms with Crippen LogP contribution in [-0.4, -0.2) is 88.3 Å². The monoisotopic (exact) mass is 657 g/mol. The Morgan fingerprint density at radius 3 is 1.75 bits per heavy atom. The summed E-state index contributed by atoms with van der Waals surface area (Å²) >= 11 is 0. The number of hydrogen-bond donors (Lipinski definition) is 8. The summed E-state index contributed by atoms with van der Waals surface area (Å²) in [7, 11) is 0. The summed E-state index contributed by atoms with van der Waals surface area (Å²) < 4.78 is 0. The van der Waals surface area contributed by atoms with Gasteiger partial charge in [-0.05, 0) is 46.0 Å². The molecule has 13 nitrogen and oxygen atoms in total. The van der Waals surface area contributed by atoms with Crippen LogP contribution in [0.3, 0.4) is 0 Å². The van der Waals surface area contributed by atoms with Crippen LogP contribution in [0.5, 0.6) is 0 Å². The van der Waals surface area contributed by atoms with Gasteiger partial charge in [0.15, 0.2) is 6.04 Å². The maximum Gasteiger partial charge on any atom is 0.328 e. The van der Waals surface area contributed by atoms with Crippen molar-refractivity contribution in [2.45, 2.75) is 50.0 Å². The molecule has 48 heavy (non-hydrogen) atoms. The van der Waals surface area contributed by atoms with Crippen LogP contribution >= 0.6 is 0 Å². The fourth-order valence-electron chi connectivity index (χ4n) is 5.17. The molecule has 0 aliphatic heterocycles. The van der Waals surface area contributed by atoms with Crippen molar-refractivity contribution in [1.29, 1.82) is 0 Å². The minimum atomic E-state index is -1.67. The molecule has 0 aliphatic carbocycles. The van der Waals surface area contributed by atoms with Crippen molar-refractivity contribution in [3.8, 4) is 0 Å². The highest BCUT2D eigenvalue weighted by Crippen LogP contribution is 2.18. The third-order valence-electron chi connectivity index (χ3n) is 7.80. The second-order valence-electron chi connectivity index (χ2n) is 11.5. The molecule has 0 aliphatic rings. The standard InChI is InChI=1S/C35H39N5O8/c1-20(42)31(35(47)48)40-34(46)29(19-41)38-30(43)18-37-33(45)28(17-22-11-13-24-7-3-5-9-26(24)15-22)39-32(44)27(36)16-21-10-12-23-6-2-4-8-25(23)14-21/h2-15,20,27-29,31,41-42H,16-19,36H2,1H3,(H,37,45)(H,38,43)(H,39,44)(H,40,46)(H,47,48)/t20-,27+,28+,29+,31+/m0/s1. The predicted octanol–water partition coefficient (Wildman–Crippen LogP) is 0.134. The molecule has 9 N–H and O–H groups in total. The van der Waals surface area contributed by atoms with Crippen LogP contribution in [0.2, 0.25) is 0 Å². The molecule has 5 atom stereocenters. The minimum absolute atomic E-state index is 0.0737. The number of amides is 4. The van der Waals surface area contributed by atoms with Gasteiger partial charge >= 0.3 is 5.97 Å². The highest BCUT2D eigenvalue weighted by molar-refractivity contribution is 5.94. The van der Waals surface area contributed by atoms with Crippen LogP contribution < -0.4 is 27.0 Å². The Morgan fingerprint density at radius 1 is 0.688 bits per heavy atom. The number of hydrogen-bond acceptors (Lipinski definition) is 8. The molecule has 0 fully saturated rings. The van der Waals surface area contributed by atoms with Crippen molar-refractivity contribution in [2.24, 2.45) is 5.73 Å². The summed E-state index contributed by atoms with van der Waals surface area (Å²) in [5.74, 6) is -4.70. The van der Waals surface area contributed by atoms with Crippen LogP contribution in [0.25, 0.3) is 21.5 Å². The summed E-state index contributed by atoms with van der Waals surface area (Å²) in [6.07, 6.45) is -1.16. The first-order valence-electron chi connectivity index (χ1n) is 15.4. The number of carbonyl (C=O) groups is 5. The molecule has 0 unspecified atom stereocenters. The third kappa shape index (κ3) is 9.58. The predicted molar refractivity (Wildman–Crippen MR) is 178 cm³/mol. The Hall–Kier alpha value is -5.37. The summed E-state index contributed by atoms with van der Waals surface area (Å²) in [6.45, 7) is -0.355. The van der Waals surface area contributed by atoms with Crippen molar-refractivity contribution in [3.05, 3.63) is 96.1 Å². The third-order valence-corrected chi connectivity index (χ3v) is 7.80. The van der Waals surface area contributed by atoms with Crippen molar-refractivity contribution < 1.29 is 39.3 Å². The van der Waals surface area contributed by atoms with E-state index in [2.05, 4.69) is 16.0 Å². The lowest BCUT2D eigenvalue weighted by molar-refractivity contribution is -0.145. The Bertz CT molecular complexity index is 1800. The molecule has 252 valence electrons. The lowest BCUT2D eigenvalue weighted by Crippen LogP contribution is -2.57. The normalized spacial score (nSPS) is 14.2. The fraction of sp³-hybridized carbons (Fsp3) is 0.286. The second-order valence-corrected chi connectivity index (χ2v) is 11.5. The summed E-state index contributed by atoms with van der Waals surface area (Å²) in [5, 5.41) is 41.8. The first-order valence-corrected chi connectivity index (χ1v) is 15.4. The van der Waals surface area contributed by atoms with Gasteiger partial charge in [0.25, 0.3) is 0 Å². The zero-order valence-electron chi connectivity index (χ0n) is 26.3. The number of fused-ring (bicyclic) bond motifs is 2. The Morgan fingerprint density at radius 2 is 1.23 bits per heavy atom. The summed E-state index contributed by atoms with van der Waals surface area (Å²) in [5.41, 5.74) is 7.86. The van der Waals surface area contributed by atoms with Crippen molar-refractivity contribution in [2.75, 3.05) is 13.2 Å². The van der Waals surface area contributed by atoms with Gasteiger partial charge in [-0.25, -0.2) is 4.79 Å². The van der Waals surface area contributed by atoms with E-state index >= 15 is 0 Å². The lowest BCUT2D eigenvalue weighted by Gasteiger charge is -2.23. The molecule has 0 aromatic heterocycles. The molecule has 0 bridgehead atoms. The first kappa shape index (κ1) is 35.5. The van der Waals surface area contributed by atoms with Gasteiger partial charge in [0.05, 0.1) is 25.3 Å². The van der Waals surface area contributed by atoms with Crippen molar-refractivity contribution in [1.82, 2.24) is 21.3 Å². The van der Waals surface area contributed by atoms with E-state index in [9.17, 15) is 39.3 Å². The smallest absolute Gasteiger partial charge is 0.328 e. The van der Waals surface area contributed by atoms with E-state index in [-0.39, 0.29) is 12.8 Å². The number of aliphatic hydroxyl groups is 2. The van der Waals surface area contributed by atoms with Gasteiger partial charge < -0.3 is 42.3 Å². The minimum Gasteiger partial charge on any atom is -0.480 e. The molecule has 0 saturated heterocycles. The molecule has 4 aromatic carbocycles. The Kier molecular flexibility index (Phi) is 12.2. The molecular weight excluding hydrogens is 618 g/mol. The van der Waals surface area contributed by atoms with Gasteiger partial charge in [-0.2, -0.15) is 0 Å². The average molecular weight is 658 g/mol. The van der Waals surface area contributed by atoms with Gasteiger partial charge in [-0.1, -0.05) is 84.9 Å². The maximum absolute atomic E-state index is 13.4. The van der Waals surface area contributed by atoms with Gasteiger partial charge in [-0.15, -0.1) is 0 Å². The van der Waals surface area contributed by atoms with E-state index in [1.165, 1.54) is 0 Å². The zero-order chi connectivity index (χ0) is 34.8. The number of benzene rings is 4. The number of nitrogens with one attached hydrogen (secondary N) is 4. The number of carboxylic acid groups (broad SMARTS) is 1. The number of carboxylic acids is 1. The summed E-state index contributed by atoms with van der Waals surface area (Å²) in [4.78, 5) is 63.1. The fourth-order valence-corrected chi connectivity index (χ4v) is 5.17.